The van der Waals surface area contributed by atoms with Crippen molar-refractivity contribution in [2.75, 3.05) is 4.90 Å². The molecule has 0 bridgehead atoms. The molecular weight excluding hydrogens is 398 g/mol. The lowest BCUT2D eigenvalue weighted by atomic mass is 9.84. The molecule has 1 aromatic carbocycles. The molecule has 162 valence electrons. The van der Waals surface area contributed by atoms with Crippen LogP contribution in [0.2, 0.25) is 0 Å². The van der Waals surface area contributed by atoms with Crippen LogP contribution in [-0.2, 0) is 11.2 Å². The SMILES string of the molecule is CCCCCC(O)c1ccc(N2C(=O)C(C)[C@@H]2CCCc2ccc(C(=O)O)s2)cc1. The largest absolute Gasteiger partial charge is 0.477 e. The van der Waals surface area contributed by atoms with Crippen molar-refractivity contribution in [2.24, 2.45) is 5.92 Å². The number of carbonyl (C=O) groups excluding carboxylic acids is 1. The van der Waals surface area contributed by atoms with Gasteiger partial charge in [-0.2, -0.15) is 0 Å². The lowest BCUT2D eigenvalue weighted by molar-refractivity contribution is -0.129. The second-order valence-electron chi connectivity index (χ2n) is 8.13. The van der Waals surface area contributed by atoms with Crippen LogP contribution in [0.3, 0.4) is 0 Å². The zero-order valence-corrected chi connectivity index (χ0v) is 18.5. The highest BCUT2D eigenvalue weighted by molar-refractivity contribution is 7.13. The lowest BCUT2D eigenvalue weighted by Crippen LogP contribution is -2.60. The molecule has 1 aliphatic rings. The van der Waals surface area contributed by atoms with Gasteiger partial charge in [0.15, 0.2) is 0 Å². The summed E-state index contributed by atoms with van der Waals surface area (Å²) in [6, 6.07) is 11.4. The Morgan fingerprint density at radius 2 is 1.87 bits per heavy atom. The number of nitrogens with zero attached hydrogens (tertiary/aromatic N) is 1. The fourth-order valence-corrected chi connectivity index (χ4v) is 5.00. The van der Waals surface area contributed by atoms with Crippen molar-refractivity contribution in [3.05, 3.63) is 51.7 Å². The number of carboxylic acids is 1. The van der Waals surface area contributed by atoms with E-state index < -0.39 is 12.1 Å². The molecule has 1 saturated heterocycles. The third kappa shape index (κ3) is 5.10. The van der Waals surface area contributed by atoms with E-state index in [0.717, 1.165) is 61.1 Å². The predicted molar refractivity (Wildman–Crippen MR) is 120 cm³/mol. The van der Waals surface area contributed by atoms with Crippen molar-refractivity contribution in [1.82, 2.24) is 0 Å². The maximum Gasteiger partial charge on any atom is 0.345 e. The molecule has 5 nitrogen and oxygen atoms in total. The van der Waals surface area contributed by atoms with E-state index in [4.69, 9.17) is 5.11 Å². The smallest absolute Gasteiger partial charge is 0.345 e. The number of hydrogen-bond acceptors (Lipinski definition) is 4. The summed E-state index contributed by atoms with van der Waals surface area (Å²) in [6.07, 6.45) is 6.21. The molecule has 1 aromatic heterocycles. The number of carbonyl (C=O) groups is 2. The third-order valence-electron chi connectivity index (χ3n) is 5.97. The van der Waals surface area contributed by atoms with Crippen LogP contribution in [-0.4, -0.2) is 28.1 Å². The van der Waals surface area contributed by atoms with Gasteiger partial charge in [-0.3, -0.25) is 4.79 Å². The van der Waals surface area contributed by atoms with Gasteiger partial charge >= 0.3 is 5.97 Å². The van der Waals surface area contributed by atoms with Gasteiger partial charge < -0.3 is 15.1 Å². The van der Waals surface area contributed by atoms with E-state index in [-0.39, 0.29) is 17.9 Å². The first-order valence-corrected chi connectivity index (χ1v) is 11.7. The summed E-state index contributed by atoms with van der Waals surface area (Å²) < 4.78 is 0. The Kier molecular flexibility index (Phi) is 7.67. The molecule has 2 N–H and O–H groups in total. The molecule has 1 aliphatic heterocycles. The summed E-state index contributed by atoms with van der Waals surface area (Å²) in [5, 5.41) is 19.4. The number of anilines is 1. The number of benzene rings is 1. The number of thiophene rings is 1. The van der Waals surface area contributed by atoms with Crippen LogP contribution in [0.1, 0.15) is 78.6 Å². The van der Waals surface area contributed by atoms with Gasteiger partial charge in [-0.05, 0) is 55.5 Å². The van der Waals surface area contributed by atoms with Crippen molar-refractivity contribution in [2.45, 2.75) is 70.9 Å². The molecule has 2 unspecified atom stereocenters. The highest BCUT2D eigenvalue weighted by Crippen LogP contribution is 2.36. The fraction of sp³-hybridized carbons (Fsp3) is 0.500. The van der Waals surface area contributed by atoms with Crippen molar-refractivity contribution in [3.63, 3.8) is 0 Å². The van der Waals surface area contributed by atoms with Gasteiger partial charge in [0.25, 0.3) is 0 Å². The highest BCUT2D eigenvalue weighted by atomic mass is 32.1. The van der Waals surface area contributed by atoms with Crippen molar-refractivity contribution >= 4 is 28.9 Å². The Balaban J connectivity index is 1.56. The average Bonchev–Trinajstić information content (AvgIpc) is 3.22. The number of hydrogen-bond donors (Lipinski definition) is 2. The first-order valence-electron chi connectivity index (χ1n) is 10.9. The number of rotatable bonds is 11. The topological polar surface area (TPSA) is 77.8 Å². The summed E-state index contributed by atoms with van der Waals surface area (Å²) >= 11 is 1.32. The van der Waals surface area contributed by atoms with Crippen LogP contribution in [0.15, 0.2) is 36.4 Å². The van der Waals surface area contributed by atoms with E-state index in [9.17, 15) is 14.7 Å². The number of aromatic carboxylic acids is 1. The Morgan fingerprint density at radius 3 is 2.50 bits per heavy atom. The van der Waals surface area contributed by atoms with E-state index in [1.54, 1.807) is 6.07 Å². The number of aliphatic hydroxyl groups is 1. The average molecular weight is 430 g/mol. The molecule has 0 radical (unpaired) electrons. The van der Waals surface area contributed by atoms with Gasteiger partial charge in [0.2, 0.25) is 5.91 Å². The first kappa shape index (κ1) is 22.5. The minimum atomic E-state index is -0.880. The highest BCUT2D eigenvalue weighted by Gasteiger charge is 2.44. The Hall–Kier alpha value is -2.18. The second kappa shape index (κ2) is 10.2. The number of amides is 1. The molecule has 2 aromatic rings. The van der Waals surface area contributed by atoms with Crippen LogP contribution < -0.4 is 4.90 Å². The summed E-state index contributed by atoms with van der Waals surface area (Å²) in [5.41, 5.74) is 1.79. The maximum atomic E-state index is 12.5. The molecule has 1 fully saturated rings. The number of β-lactam (4-membered cyclic amide) rings is 1. The van der Waals surface area contributed by atoms with Crippen LogP contribution >= 0.6 is 11.3 Å². The van der Waals surface area contributed by atoms with E-state index >= 15 is 0 Å². The molecule has 0 aliphatic carbocycles. The van der Waals surface area contributed by atoms with Crippen molar-refractivity contribution in [3.8, 4) is 0 Å². The second-order valence-corrected chi connectivity index (χ2v) is 9.30. The summed E-state index contributed by atoms with van der Waals surface area (Å²) in [4.78, 5) is 26.8. The van der Waals surface area contributed by atoms with Crippen LogP contribution in [0.5, 0.6) is 0 Å². The molecule has 30 heavy (non-hydrogen) atoms. The van der Waals surface area contributed by atoms with Crippen molar-refractivity contribution < 1.29 is 19.8 Å². The number of aliphatic hydroxyl groups excluding tert-OH is 1. The molecule has 3 rings (SSSR count). The van der Waals surface area contributed by atoms with E-state index in [1.807, 2.05) is 42.2 Å². The van der Waals surface area contributed by atoms with Crippen LogP contribution in [0, 0.1) is 5.92 Å². The van der Waals surface area contributed by atoms with Gasteiger partial charge in [-0.15, -0.1) is 11.3 Å². The maximum absolute atomic E-state index is 12.5. The summed E-state index contributed by atoms with van der Waals surface area (Å²) in [5.74, 6) is -0.739. The number of carboxylic acid groups (broad SMARTS) is 1. The van der Waals surface area contributed by atoms with Gasteiger partial charge in [0.05, 0.1) is 12.0 Å². The predicted octanol–water partition coefficient (Wildman–Crippen LogP) is 5.43. The summed E-state index contributed by atoms with van der Waals surface area (Å²) in [6.45, 7) is 4.12. The van der Waals surface area contributed by atoms with E-state index in [0.29, 0.717) is 4.88 Å². The quantitative estimate of drug-likeness (QED) is 0.369. The Bertz CT molecular complexity index is 860. The standard InChI is InChI=1S/C24H31NO4S/c1-3-4-5-9-21(26)17-10-12-18(13-11-17)25-20(16(2)23(25)27)8-6-7-19-14-15-22(30-19)24(28)29/h10-16,20-21,26H,3-9H2,1-2H3,(H,28,29)/t16?,20-,21?/m0/s1. The summed E-state index contributed by atoms with van der Waals surface area (Å²) in [7, 11) is 0. The number of aryl methyl sites for hydroxylation is 1. The van der Waals surface area contributed by atoms with Gasteiger partial charge in [-0.25, -0.2) is 4.79 Å². The Labute approximate surface area is 182 Å². The molecule has 1 amide bonds. The van der Waals surface area contributed by atoms with E-state index in [1.165, 1.54) is 11.3 Å². The van der Waals surface area contributed by atoms with Gasteiger partial charge in [0, 0.05) is 16.6 Å². The zero-order chi connectivity index (χ0) is 21.7. The molecule has 3 atom stereocenters. The normalized spacial score (nSPS) is 19.6. The number of unbranched alkanes of at least 4 members (excludes halogenated alkanes) is 2. The molecule has 0 saturated carbocycles. The minimum absolute atomic E-state index is 0.00206. The Morgan fingerprint density at radius 1 is 1.13 bits per heavy atom. The minimum Gasteiger partial charge on any atom is -0.477 e. The molecule has 0 spiro atoms. The lowest BCUT2D eigenvalue weighted by Gasteiger charge is -2.46. The van der Waals surface area contributed by atoms with Gasteiger partial charge in [-0.1, -0.05) is 45.2 Å². The molecular formula is C24H31NO4S. The third-order valence-corrected chi connectivity index (χ3v) is 7.10. The molecule has 2 heterocycles. The molecule has 6 heteroatoms. The fourth-order valence-electron chi connectivity index (χ4n) is 4.11. The van der Waals surface area contributed by atoms with E-state index in [2.05, 4.69) is 6.92 Å². The van der Waals surface area contributed by atoms with Crippen LogP contribution in [0.4, 0.5) is 5.69 Å². The van der Waals surface area contributed by atoms with Crippen molar-refractivity contribution in [1.29, 1.82) is 0 Å². The first-order chi connectivity index (χ1) is 14.4. The monoisotopic (exact) mass is 429 g/mol. The van der Waals surface area contributed by atoms with Crippen LogP contribution in [0.25, 0.3) is 0 Å². The van der Waals surface area contributed by atoms with Gasteiger partial charge in [0.1, 0.15) is 4.88 Å². The zero-order valence-electron chi connectivity index (χ0n) is 17.7.